The number of hydrazine groups is 1. The standard InChI is InChI=1S/C17H15ClN2O5.2K/c18-11-7-5-10(6-8-11)9-19-13-4-2-1-3-12(13)15(21)20(19)14(16(22)23)17(24)25;;/h1-8,14-15,21H,9H2,(H,22,23)(H,24,25);;/q;2*+1/p-2. The van der Waals surface area contributed by atoms with Crippen LogP contribution in [-0.4, -0.2) is 28.1 Å². The number of aliphatic hydroxyl groups excluding tert-OH is 1. The normalized spacial score (nSPS) is 15.7. The minimum Gasteiger partial charge on any atom is -0.548 e. The molecule has 0 bridgehead atoms. The zero-order valence-corrected chi connectivity index (χ0v) is 21.8. The molecule has 2 aromatic carbocycles. The number of para-hydroxylation sites is 1. The molecule has 1 unspecified atom stereocenters. The predicted molar refractivity (Wildman–Crippen MR) is 84.7 cm³/mol. The molecule has 0 saturated carbocycles. The monoisotopic (exact) mass is 438 g/mol. The molecule has 0 spiro atoms. The number of carboxylic acids is 2. The van der Waals surface area contributed by atoms with Gasteiger partial charge in [0.05, 0.1) is 24.2 Å². The molecule has 0 aliphatic carbocycles. The molecule has 0 amide bonds. The van der Waals surface area contributed by atoms with E-state index in [1.165, 1.54) is 5.01 Å². The van der Waals surface area contributed by atoms with Crippen LogP contribution in [0.3, 0.4) is 0 Å². The van der Waals surface area contributed by atoms with Crippen molar-refractivity contribution >= 4 is 29.2 Å². The maximum Gasteiger partial charge on any atom is 1.00 e. The Labute approximate surface area is 246 Å². The Morgan fingerprint density at radius 3 is 2.15 bits per heavy atom. The number of halogens is 1. The average Bonchev–Trinajstić information content (AvgIpc) is 2.83. The Kier molecular flexibility index (Phi) is 10.6. The number of aliphatic hydroxyl groups is 1. The molecule has 1 aliphatic rings. The van der Waals surface area contributed by atoms with Crippen LogP contribution in [0, 0.1) is 0 Å². The molecule has 0 aromatic heterocycles. The molecule has 1 atom stereocenters. The predicted octanol–water partition coefficient (Wildman–Crippen LogP) is -6.56. The first-order chi connectivity index (χ1) is 11.9. The summed E-state index contributed by atoms with van der Waals surface area (Å²) in [5, 5.41) is 35.9. The van der Waals surface area contributed by atoms with Crippen LogP contribution < -0.4 is 118 Å². The summed E-state index contributed by atoms with van der Waals surface area (Å²) in [5.41, 5.74) is 1.63. The van der Waals surface area contributed by atoms with Crippen molar-refractivity contribution < 1.29 is 128 Å². The van der Waals surface area contributed by atoms with Crippen molar-refractivity contribution in [3.63, 3.8) is 0 Å². The van der Waals surface area contributed by atoms with Crippen molar-refractivity contribution in [3.05, 3.63) is 64.7 Å². The number of nitrogens with zero attached hydrogens (tertiary/aromatic N) is 2. The van der Waals surface area contributed by atoms with Gasteiger partial charge in [0.1, 0.15) is 6.04 Å². The van der Waals surface area contributed by atoms with E-state index in [-0.39, 0.29) is 109 Å². The first-order valence-electron chi connectivity index (χ1n) is 7.39. The maximum atomic E-state index is 11.3. The van der Waals surface area contributed by atoms with Crippen molar-refractivity contribution in [1.82, 2.24) is 5.01 Å². The number of rotatable bonds is 5. The molecular formula is C17H13ClK2N2O5. The molecule has 27 heavy (non-hydrogen) atoms. The van der Waals surface area contributed by atoms with Crippen LogP contribution >= 0.6 is 11.6 Å². The second-order valence-corrected chi connectivity index (χ2v) is 5.97. The van der Waals surface area contributed by atoms with Gasteiger partial charge in [-0.15, -0.1) is 0 Å². The van der Waals surface area contributed by atoms with E-state index in [2.05, 4.69) is 0 Å². The maximum absolute atomic E-state index is 11.3. The summed E-state index contributed by atoms with van der Waals surface area (Å²) in [4.78, 5) is 22.7. The average molecular weight is 439 g/mol. The number of aliphatic carboxylic acids is 2. The quantitative estimate of drug-likeness (QED) is 0.365. The number of anilines is 1. The van der Waals surface area contributed by atoms with Gasteiger partial charge in [-0.2, -0.15) is 5.01 Å². The van der Waals surface area contributed by atoms with Gasteiger partial charge in [0.25, 0.3) is 0 Å². The third kappa shape index (κ3) is 5.63. The number of carboxylic acid groups (broad SMARTS) is 2. The summed E-state index contributed by atoms with van der Waals surface area (Å²) in [6, 6.07) is 11.3. The molecule has 3 rings (SSSR count). The Balaban J connectivity index is 0.00000182. The molecule has 10 heteroatoms. The minimum atomic E-state index is -2.14. The minimum absolute atomic E-state index is 0. The van der Waals surface area contributed by atoms with Crippen LogP contribution in [0.1, 0.15) is 17.4 Å². The Morgan fingerprint density at radius 1 is 1.04 bits per heavy atom. The molecule has 7 nitrogen and oxygen atoms in total. The van der Waals surface area contributed by atoms with Gasteiger partial charge in [-0.05, 0) is 23.8 Å². The van der Waals surface area contributed by atoms with Gasteiger partial charge in [0.2, 0.25) is 0 Å². The van der Waals surface area contributed by atoms with Gasteiger partial charge < -0.3 is 24.9 Å². The van der Waals surface area contributed by atoms with Gasteiger partial charge in [-0.3, -0.25) is 5.01 Å². The first kappa shape index (κ1) is 25.7. The molecular weight excluding hydrogens is 426 g/mol. The molecule has 0 radical (unpaired) electrons. The second-order valence-electron chi connectivity index (χ2n) is 5.54. The van der Waals surface area contributed by atoms with Crippen LogP contribution in [0.25, 0.3) is 0 Å². The molecule has 0 fully saturated rings. The van der Waals surface area contributed by atoms with Crippen LogP contribution in [0.5, 0.6) is 0 Å². The van der Waals surface area contributed by atoms with Gasteiger partial charge in [0.15, 0.2) is 6.23 Å². The third-order valence-electron chi connectivity index (χ3n) is 3.98. The third-order valence-corrected chi connectivity index (χ3v) is 4.23. The molecule has 1 aliphatic heterocycles. The van der Waals surface area contributed by atoms with Crippen molar-refractivity contribution in [2.24, 2.45) is 0 Å². The van der Waals surface area contributed by atoms with Crippen molar-refractivity contribution in [1.29, 1.82) is 0 Å². The van der Waals surface area contributed by atoms with Crippen LogP contribution in [-0.2, 0) is 16.1 Å². The van der Waals surface area contributed by atoms with Gasteiger partial charge in [0, 0.05) is 10.6 Å². The number of hydrogen-bond donors (Lipinski definition) is 1. The SMILES string of the molecule is O=C([O-])C(C(=O)[O-])N1C(O)c2ccccc2N1Cc1ccc(Cl)cc1.[K+].[K+]. The molecule has 2 aromatic rings. The number of carbonyl (C=O) groups is 2. The van der Waals surface area contributed by atoms with Crippen LogP contribution in [0.2, 0.25) is 5.02 Å². The zero-order valence-electron chi connectivity index (χ0n) is 14.8. The summed E-state index contributed by atoms with van der Waals surface area (Å²) in [6.07, 6.45) is -1.45. The van der Waals surface area contributed by atoms with Crippen LogP contribution in [0.4, 0.5) is 5.69 Å². The van der Waals surface area contributed by atoms with Gasteiger partial charge in [-0.1, -0.05) is 41.9 Å². The number of hydrogen-bond acceptors (Lipinski definition) is 7. The van der Waals surface area contributed by atoms with Crippen molar-refractivity contribution in [3.8, 4) is 0 Å². The fourth-order valence-electron chi connectivity index (χ4n) is 2.86. The van der Waals surface area contributed by atoms with E-state index >= 15 is 0 Å². The number of benzene rings is 2. The van der Waals surface area contributed by atoms with E-state index in [0.717, 1.165) is 10.6 Å². The summed E-state index contributed by atoms with van der Waals surface area (Å²) in [5.74, 6) is -3.74. The van der Waals surface area contributed by atoms with E-state index in [9.17, 15) is 24.9 Å². The fraction of sp³-hybridized carbons (Fsp3) is 0.176. The van der Waals surface area contributed by atoms with E-state index in [0.29, 0.717) is 16.3 Å². The summed E-state index contributed by atoms with van der Waals surface area (Å²) in [7, 11) is 0. The Bertz CT molecular complexity index is 807. The van der Waals surface area contributed by atoms with E-state index in [4.69, 9.17) is 11.6 Å². The largest absolute Gasteiger partial charge is 1.00 e. The molecule has 1 N–H and O–H groups in total. The summed E-state index contributed by atoms with van der Waals surface area (Å²) in [6.45, 7) is 0.127. The van der Waals surface area contributed by atoms with Gasteiger partial charge >= 0.3 is 103 Å². The van der Waals surface area contributed by atoms with E-state index in [1.807, 2.05) is 0 Å². The topological polar surface area (TPSA) is 107 Å². The smallest absolute Gasteiger partial charge is 0.548 e. The molecule has 1 heterocycles. The summed E-state index contributed by atoms with van der Waals surface area (Å²) < 4.78 is 0. The van der Waals surface area contributed by atoms with Crippen molar-refractivity contribution in [2.45, 2.75) is 18.8 Å². The number of carbonyl (C=O) groups excluding carboxylic acids is 2. The fourth-order valence-corrected chi connectivity index (χ4v) is 2.99. The molecule has 130 valence electrons. The Morgan fingerprint density at radius 2 is 1.59 bits per heavy atom. The van der Waals surface area contributed by atoms with Crippen molar-refractivity contribution in [2.75, 3.05) is 5.01 Å². The van der Waals surface area contributed by atoms with E-state index < -0.39 is 24.2 Å². The molecule has 0 saturated heterocycles. The number of fused-ring (bicyclic) bond motifs is 1. The van der Waals surface area contributed by atoms with Gasteiger partial charge in [-0.25, -0.2) is 0 Å². The van der Waals surface area contributed by atoms with E-state index in [1.54, 1.807) is 48.5 Å². The first-order valence-corrected chi connectivity index (χ1v) is 7.77. The zero-order chi connectivity index (χ0) is 18.1. The second kappa shape index (κ2) is 11.2. The van der Waals surface area contributed by atoms with Crippen LogP contribution in [0.15, 0.2) is 48.5 Å². The Hall–Kier alpha value is 0.663. The summed E-state index contributed by atoms with van der Waals surface area (Å²) >= 11 is 5.86.